The topological polar surface area (TPSA) is 57.5 Å². The zero-order chi connectivity index (χ0) is 15.5. The predicted molar refractivity (Wildman–Crippen MR) is 85.9 cm³/mol. The molecule has 0 atom stereocenters. The third-order valence-electron chi connectivity index (χ3n) is 3.55. The first-order valence-electron chi connectivity index (χ1n) is 6.88. The Balaban J connectivity index is 2.11. The molecule has 3 nitrogen and oxygen atoms in total. The molecule has 0 radical (unpaired) electrons. The van der Waals surface area contributed by atoms with E-state index < -0.39 is 5.97 Å². The first kappa shape index (κ1) is 13.9. The summed E-state index contributed by atoms with van der Waals surface area (Å²) >= 11 is 0. The summed E-state index contributed by atoms with van der Waals surface area (Å²) < 4.78 is 0. The van der Waals surface area contributed by atoms with Crippen molar-refractivity contribution in [3.8, 4) is 28.0 Å². The van der Waals surface area contributed by atoms with E-state index in [1.54, 1.807) is 12.1 Å². The largest absolute Gasteiger partial charge is 0.506 e. The highest BCUT2D eigenvalue weighted by atomic mass is 16.4. The monoisotopic (exact) mass is 290 g/mol. The minimum atomic E-state index is -1.14. The third kappa shape index (κ3) is 2.56. The van der Waals surface area contributed by atoms with Crippen molar-refractivity contribution >= 4 is 5.97 Å². The van der Waals surface area contributed by atoms with Crippen molar-refractivity contribution in [2.75, 3.05) is 0 Å². The predicted octanol–water partition coefficient (Wildman–Crippen LogP) is 4.42. The SMILES string of the molecule is O=C(O)c1cccc(-c2cccc(-c3ccccc3)c2)c1O. The average Bonchev–Trinajstić information content (AvgIpc) is 2.56. The number of aromatic carboxylic acids is 1. The summed E-state index contributed by atoms with van der Waals surface area (Å²) in [5.74, 6) is -1.35. The van der Waals surface area contributed by atoms with Crippen LogP contribution in [-0.4, -0.2) is 16.2 Å². The molecule has 0 aliphatic carbocycles. The van der Waals surface area contributed by atoms with Crippen LogP contribution in [0.15, 0.2) is 72.8 Å². The highest BCUT2D eigenvalue weighted by molar-refractivity contribution is 5.94. The van der Waals surface area contributed by atoms with Gasteiger partial charge in [-0.2, -0.15) is 0 Å². The lowest BCUT2D eigenvalue weighted by molar-refractivity contribution is 0.0694. The second kappa shape index (κ2) is 5.74. The van der Waals surface area contributed by atoms with Crippen molar-refractivity contribution in [1.82, 2.24) is 0 Å². The van der Waals surface area contributed by atoms with Crippen LogP contribution in [0, 0.1) is 0 Å². The molecule has 0 saturated heterocycles. The van der Waals surface area contributed by atoms with E-state index in [0.29, 0.717) is 5.56 Å². The van der Waals surface area contributed by atoms with E-state index in [4.69, 9.17) is 5.11 Å². The fourth-order valence-electron chi connectivity index (χ4n) is 2.45. The summed E-state index contributed by atoms with van der Waals surface area (Å²) in [4.78, 5) is 11.1. The van der Waals surface area contributed by atoms with E-state index in [2.05, 4.69) is 0 Å². The number of benzene rings is 3. The van der Waals surface area contributed by atoms with E-state index >= 15 is 0 Å². The van der Waals surface area contributed by atoms with Gasteiger partial charge < -0.3 is 10.2 Å². The maximum atomic E-state index is 11.1. The van der Waals surface area contributed by atoms with Gasteiger partial charge in [-0.3, -0.25) is 0 Å². The van der Waals surface area contributed by atoms with Crippen LogP contribution >= 0.6 is 0 Å². The minimum absolute atomic E-state index is 0.0948. The van der Waals surface area contributed by atoms with E-state index in [1.165, 1.54) is 6.07 Å². The van der Waals surface area contributed by atoms with Crippen molar-refractivity contribution in [2.24, 2.45) is 0 Å². The zero-order valence-electron chi connectivity index (χ0n) is 11.7. The Bertz CT molecular complexity index is 823. The smallest absolute Gasteiger partial charge is 0.339 e. The molecule has 0 saturated carbocycles. The molecular weight excluding hydrogens is 276 g/mol. The van der Waals surface area contributed by atoms with Crippen LogP contribution < -0.4 is 0 Å². The molecule has 0 aliphatic heterocycles. The van der Waals surface area contributed by atoms with Crippen LogP contribution in [0.2, 0.25) is 0 Å². The normalized spacial score (nSPS) is 10.4. The Labute approximate surface area is 128 Å². The molecular formula is C19H14O3. The number of hydrogen-bond donors (Lipinski definition) is 2. The van der Waals surface area contributed by atoms with Crippen LogP contribution in [0.1, 0.15) is 10.4 Å². The van der Waals surface area contributed by atoms with Crippen molar-refractivity contribution in [3.63, 3.8) is 0 Å². The molecule has 3 aromatic rings. The number of hydrogen-bond acceptors (Lipinski definition) is 2. The Morgan fingerprint density at radius 2 is 1.36 bits per heavy atom. The quantitative estimate of drug-likeness (QED) is 0.750. The summed E-state index contributed by atoms with van der Waals surface area (Å²) in [5, 5.41) is 19.3. The molecule has 3 aromatic carbocycles. The number of carboxylic acids is 1. The second-order valence-electron chi connectivity index (χ2n) is 4.95. The molecule has 0 aromatic heterocycles. The summed E-state index contributed by atoms with van der Waals surface area (Å²) in [5.41, 5.74) is 3.28. The lowest BCUT2D eigenvalue weighted by Crippen LogP contribution is -1.97. The van der Waals surface area contributed by atoms with Gasteiger partial charge >= 0.3 is 5.97 Å². The molecule has 0 aliphatic rings. The molecule has 0 spiro atoms. The molecule has 0 fully saturated rings. The van der Waals surface area contributed by atoms with Gasteiger partial charge in [-0.05, 0) is 28.8 Å². The van der Waals surface area contributed by atoms with E-state index in [1.807, 2.05) is 54.6 Å². The molecule has 3 heteroatoms. The van der Waals surface area contributed by atoms with Gasteiger partial charge in [0.25, 0.3) is 0 Å². The van der Waals surface area contributed by atoms with E-state index in [9.17, 15) is 9.90 Å². The van der Waals surface area contributed by atoms with Crippen molar-refractivity contribution in [3.05, 3.63) is 78.4 Å². The van der Waals surface area contributed by atoms with Gasteiger partial charge in [0.15, 0.2) is 0 Å². The number of phenols is 1. The van der Waals surface area contributed by atoms with Gasteiger partial charge in [0.05, 0.1) is 0 Å². The molecule has 0 amide bonds. The number of aromatic hydroxyl groups is 1. The van der Waals surface area contributed by atoms with Gasteiger partial charge in [0.1, 0.15) is 11.3 Å². The second-order valence-corrected chi connectivity index (χ2v) is 4.95. The third-order valence-corrected chi connectivity index (χ3v) is 3.55. The fourth-order valence-corrected chi connectivity index (χ4v) is 2.45. The molecule has 108 valence electrons. The standard InChI is InChI=1S/C19H14O3/c20-18-16(10-5-11-17(18)19(21)22)15-9-4-8-14(12-15)13-6-2-1-3-7-13/h1-12,20H,(H,21,22). The number of rotatable bonds is 3. The summed E-state index contributed by atoms with van der Waals surface area (Å²) in [6, 6.07) is 22.3. The van der Waals surface area contributed by atoms with Crippen molar-refractivity contribution < 1.29 is 15.0 Å². The molecule has 2 N–H and O–H groups in total. The number of carboxylic acid groups (broad SMARTS) is 1. The Kier molecular flexibility index (Phi) is 3.62. The lowest BCUT2D eigenvalue weighted by atomic mass is 9.97. The molecule has 3 rings (SSSR count). The van der Waals surface area contributed by atoms with E-state index in [0.717, 1.165) is 16.7 Å². The minimum Gasteiger partial charge on any atom is -0.506 e. The highest BCUT2D eigenvalue weighted by Crippen LogP contribution is 2.34. The van der Waals surface area contributed by atoms with Crippen molar-refractivity contribution in [1.29, 1.82) is 0 Å². The molecule has 0 unspecified atom stereocenters. The Morgan fingerprint density at radius 1 is 0.727 bits per heavy atom. The first-order valence-corrected chi connectivity index (χ1v) is 6.88. The van der Waals surface area contributed by atoms with Gasteiger partial charge in [-0.25, -0.2) is 4.79 Å². The molecule has 22 heavy (non-hydrogen) atoms. The van der Waals surface area contributed by atoms with Crippen LogP contribution in [0.3, 0.4) is 0 Å². The van der Waals surface area contributed by atoms with Gasteiger partial charge in [0.2, 0.25) is 0 Å². The summed E-state index contributed by atoms with van der Waals surface area (Å²) in [6.45, 7) is 0. The van der Waals surface area contributed by atoms with Crippen molar-refractivity contribution in [2.45, 2.75) is 0 Å². The van der Waals surface area contributed by atoms with Crippen LogP contribution in [0.5, 0.6) is 5.75 Å². The molecule has 0 bridgehead atoms. The summed E-state index contributed by atoms with van der Waals surface area (Å²) in [7, 11) is 0. The van der Waals surface area contributed by atoms with Gasteiger partial charge in [-0.1, -0.05) is 60.7 Å². The maximum Gasteiger partial charge on any atom is 0.339 e. The molecule has 0 heterocycles. The number of carbonyl (C=O) groups is 1. The van der Waals surface area contributed by atoms with Crippen LogP contribution in [0.4, 0.5) is 0 Å². The fraction of sp³-hybridized carbons (Fsp3) is 0. The lowest BCUT2D eigenvalue weighted by Gasteiger charge is -2.09. The average molecular weight is 290 g/mol. The van der Waals surface area contributed by atoms with E-state index in [-0.39, 0.29) is 11.3 Å². The van der Waals surface area contributed by atoms with Gasteiger partial charge in [0, 0.05) is 5.56 Å². The zero-order valence-corrected chi connectivity index (χ0v) is 11.7. The van der Waals surface area contributed by atoms with Crippen LogP contribution in [0.25, 0.3) is 22.3 Å². The number of para-hydroxylation sites is 1. The first-order chi connectivity index (χ1) is 10.7. The van der Waals surface area contributed by atoms with Gasteiger partial charge in [-0.15, -0.1) is 0 Å². The van der Waals surface area contributed by atoms with Crippen LogP contribution in [-0.2, 0) is 0 Å². The Morgan fingerprint density at radius 3 is 2.09 bits per heavy atom. The maximum absolute atomic E-state index is 11.1. The Hall–Kier alpha value is -3.07. The highest BCUT2D eigenvalue weighted by Gasteiger charge is 2.14. The summed E-state index contributed by atoms with van der Waals surface area (Å²) in [6.07, 6.45) is 0.